The van der Waals surface area contributed by atoms with Crippen molar-refractivity contribution in [1.82, 2.24) is 19.2 Å². The summed E-state index contributed by atoms with van der Waals surface area (Å²) in [5, 5.41) is 6.72. The number of anilines is 1. The van der Waals surface area contributed by atoms with Gasteiger partial charge in [0.15, 0.2) is 0 Å². The van der Waals surface area contributed by atoms with E-state index in [4.69, 9.17) is 16.3 Å². The van der Waals surface area contributed by atoms with E-state index in [9.17, 15) is 14.0 Å². The molecule has 2 aromatic carbocycles. The molecule has 0 unspecified atom stereocenters. The molecule has 1 N–H and O–H groups in total. The summed E-state index contributed by atoms with van der Waals surface area (Å²) in [6.45, 7) is -0.376. The molecule has 0 fully saturated rings. The van der Waals surface area contributed by atoms with Gasteiger partial charge in [-0.2, -0.15) is 0 Å². The van der Waals surface area contributed by atoms with Crippen LogP contribution in [0.1, 0.15) is 0 Å². The van der Waals surface area contributed by atoms with Crippen LogP contribution in [-0.4, -0.2) is 25.1 Å². The fourth-order valence-corrected chi connectivity index (χ4v) is 2.83. The van der Waals surface area contributed by atoms with Gasteiger partial charge in [0, 0.05) is 12.4 Å². The first kappa shape index (κ1) is 18.6. The predicted octanol–water partition coefficient (Wildman–Crippen LogP) is 3.11. The quantitative estimate of drug-likeness (QED) is 0.543. The van der Waals surface area contributed by atoms with Gasteiger partial charge in [-0.25, -0.2) is 23.3 Å². The lowest BCUT2D eigenvalue weighted by Crippen LogP contribution is -2.28. The Labute approximate surface area is 168 Å². The van der Waals surface area contributed by atoms with Gasteiger partial charge in [0.2, 0.25) is 11.6 Å². The average molecular weight is 414 g/mol. The van der Waals surface area contributed by atoms with Gasteiger partial charge in [0.25, 0.3) is 5.88 Å². The van der Waals surface area contributed by atoms with E-state index in [-0.39, 0.29) is 28.8 Å². The number of hydrogen-bond acceptors (Lipinski definition) is 5. The first-order valence-electron chi connectivity index (χ1n) is 8.43. The molecule has 0 saturated heterocycles. The first-order chi connectivity index (χ1) is 14.0. The number of aromatic nitrogens is 4. The molecule has 2 aromatic heterocycles. The Kier molecular flexibility index (Phi) is 4.96. The smallest absolute Gasteiger partial charge is 0.351 e. The van der Waals surface area contributed by atoms with E-state index in [1.807, 2.05) is 6.07 Å². The van der Waals surface area contributed by atoms with Crippen LogP contribution in [0.3, 0.4) is 0 Å². The van der Waals surface area contributed by atoms with Crippen molar-refractivity contribution in [2.45, 2.75) is 6.54 Å². The van der Waals surface area contributed by atoms with Crippen molar-refractivity contribution in [3.8, 4) is 11.6 Å². The molecule has 4 aromatic rings. The maximum atomic E-state index is 13.1. The normalized spacial score (nSPS) is 10.8. The van der Waals surface area contributed by atoms with E-state index in [0.717, 1.165) is 16.8 Å². The lowest BCUT2D eigenvalue weighted by molar-refractivity contribution is -0.117. The maximum absolute atomic E-state index is 13.1. The van der Waals surface area contributed by atoms with Crippen LogP contribution in [0, 0.1) is 5.82 Å². The van der Waals surface area contributed by atoms with Crippen LogP contribution >= 0.6 is 11.6 Å². The minimum Gasteiger partial charge on any atom is -0.436 e. The van der Waals surface area contributed by atoms with Gasteiger partial charge in [-0.15, -0.1) is 5.10 Å². The van der Waals surface area contributed by atoms with E-state index in [0.29, 0.717) is 5.75 Å². The molecule has 0 atom stereocenters. The van der Waals surface area contributed by atoms with Gasteiger partial charge in [0.1, 0.15) is 18.1 Å². The summed E-state index contributed by atoms with van der Waals surface area (Å²) in [7, 11) is 0. The van der Waals surface area contributed by atoms with Crippen molar-refractivity contribution in [2.24, 2.45) is 0 Å². The number of rotatable bonds is 5. The Balaban J connectivity index is 1.59. The number of fused-ring (bicyclic) bond motifs is 1. The van der Waals surface area contributed by atoms with Gasteiger partial charge in [-0.3, -0.25) is 4.79 Å². The predicted molar refractivity (Wildman–Crippen MR) is 104 cm³/mol. The van der Waals surface area contributed by atoms with Crippen LogP contribution in [0.25, 0.3) is 5.65 Å². The van der Waals surface area contributed by atoms with Crippen LogP contribution in [0.2, 0.25) is 5.02 Å². The van der Waals surface area contributed by atoms with Crippen LogP contribution in [0.4, 0.5) is 10.1 Å². The standard InChI is InChI=1S/C19H13ClFN5O3/c20-14-10-12(21)6-7-15(14)23-16(27)11-26-19(28)25-9-8-22-18(17(25)24-26)29-13-4-2-1-3-5-13/h1-10H,11H2,(H,23,27). The Hall–Kier alpha value is -3.72. The van der Waals surface area contributed by atoms with Crippen LogP contribution < -0.4 is 15.7 Å². The molecule has 2 heterocycles. The van der Waals surface area contributed by atoms with Gasteiger partial charge < -0.3 is 10.1 Å². The third-order valence-corrected chi connectivity index (χ3v) is 4.24. The van der Waals surface area contributed by atoms with E-state index in [1.54, 1.807) is 24.3 Å². The van der Waals surface area contributed by atoms with Gasteiger partial charge in [-0.05, 0) is 30.3 Å². The molecule has 0 radical (unpaired) electrons. The van der Waals surface area contributed by atoms with E-state index in [2.05, 4.69) is 15.4 Å². The molecule has 0 aliphatic rings. The van der Waals surface area contributed by atoms with Crippen molar-refractivity contribution in [3.63, 3.8) is 0 Å². The second-order valence-electron chi connectivity index (χ2n) is 5.95. The molecule has 8 nitrogen and oxygen atoms in total. The average Bonchev–Trinajstić information content (AvgIpc) is 3.02. The molecule has 29 heavy (non-hydrogen) atoms. The highest BCUT2D eigenvalue weighted by atomic mass is 35.5. The van der Waals surface area contributed by atoms with Crippen LogP contribution in [0.5, 0.6) is 11.6 Å². The summed E-state index contributed by atoms with van der Waals surface area (Å²) in [5.74, 6) is -0.430. The highest BCUT2D eigenvalue weighted by Gasteiger charge is 2.16. The van der Waals surface area contributed by atoms with Crippen molar-refractivity contribution >= 4 is 28.8 Å². The summed E-state index contributed by atoms with van der Waals surface area (Å²) in [6, 6.07) is 12.5. The monoisotopic (exact) mass is 413 g/mol. The number of nitrogens with zero attached hydrogens (tertiary/aromatic N) is 4. The summed E-state index contributed by atoms with van der Waals surface area (Å²) in [5.41, 5.74) is -0.153. The zero-order valence-corrected chi connectivity index (χ0v) is 15.5. The fraction of sp³-hybridized carbons (Fsp3) is 0.0526. The number of halogens is 2. The third kappa shape index (κ3) is 3.94. The molecule has 0 aliphatic carbocycles. The van der Waals surface area contributed by atoms with Crippen molar-refractivity contribution in [2.75, 3.05) is 5.32 Å². The molecule has 0 bridgehead atoms. The van der Waals surface area contributed by atoms with E-state index >= 15 is 0 Å². The molecule has 0 saturated carbocycles. The van der Waals surface area contributed by atoms with Crippen molar-refractivity contribution < 1.29 is 13.9 Å². The zero-order chi connectivity index (χ0) is 20.4. The second-order valence-corrected chi connectivity index (χ2v) is 6.36. The second kappa shape index (κ2) is 7.72. The SMILES string of the molecule is O=C(Cn1nc2c(Oc3ccccc3)nccn2c1=O)Nc1ccc(F)cc1Cl. The van der Waals surface area contributed by atoms with Gasteiger partial charge >= 0.3 is 5.69 Å². The molecular formula is C19H13ClFN5O3. The molecule has 10 heteroatoms. The topological polar surface area (TPSA) is 90.5 Å². The highest BCUT2D eigenvalue weighted by Crippen LogP contribution is 2.23. The molecule has 0 aliphatic heterocycles. The molecule has 146 valence electrons. The van der Waals surface area contributed by atoms with E-state index in [1.165, 1.54) is 22.9 Å². The minimum atomic E-state index is -0.553. The zero-order valence-electron chi connectivity index (χ0n) is 14.8. The van der Waals surface area contributed by atoms with Crippen LogP contribution in [0.15, 0.2) is 65.7 Å². The molecule has 4 rings (SSSR count). The lowest BCUT2D eigenvalue weighted by Gasteiger charge is -2.06. The highest BCUT2D eigenvalue weighted by molar-refractivity contribution is 6.33. The number of para-hydroxylation sites is 1. The number of nitrogens with one attached hydrogen (secondary N) is 1. The lowest BCUT2D eigenvalue weighted by atomic mass is 10.3. The van der Waals surface area contributed by atoms with Crippen molar-refractivity contribution in [1.29, 1.82) is 0 Å². The number of carbonyl (C=O) groups is 1. The number of ether oxygens (including phenoxy) is 1. The number of carbonyl (C=O) groups excluding carboxylic acids is 1. The van der Waals surface area contributed by atoms with Crippen molar-refractivity contribution in [3.05, 3.63) is 82.2 Å². The maximum Gasteiger partial charge on any atom is 0.351 e. The third-order valence-electron chi connectivity index (χ3n) is 3.93. The summed E-state index contributed by atoms with van der Waals surface area (Å²) in [4.78, 5) is 29.0. The number of amides is 1. The fourth-order valence-electron chi connectivity index (χ4n) is 2.62. The Morgan fingerprint density at radius 2 is 2.00 bits per heavy atom. The van der Waals surface area contributed by atoms with E-state index < -0.39 is 17.4 Å². The summed E-state index contributed by atoms with van der Waals surface area (Å²) < 4.78 is 21.0. The molecular weight excluding hydrogens is 401 g/mol. The first-order valence-corrected chi connectivity index (χ1v) is 8.81. The van der Waals surface area contributed by atoms with Crippen LogP contribution in [-0.2, 0) is 11.3 Å². The minimum absolute atomic E-state index is 0.0449. The summed E-state index contributed by atoms with van der Waals surface area (Å²) >= 11 is 5.90. The van der Waals surface area contributed by atoms with Gasteiger partial charge in [-0.1, -0.05) is 29.8 Å². The Morgan fingerprint density at radius 3 is 2.76 bits per heavy atom. The Bertz CT molecular complexity index is 1260. The number of hydrogen-bond donors (Lipinski definition) is 1. The number of benzene rings is 2. The summed E-state index contributed by atoms with van der Waals surface area (Å²) in [6.07, 6.45) is 2.82. The molecule has 1 amide bonds. The molecule has 0 spiro atoms. The Morgan fingerprint density at radius 1 is 1.21 bits per heavy atom. The largest absolute Gasteiger partial charge is 0.436 e. The van der Waals surface area contributed by atoms with Gasteiger partial charge in [0.05, 0.1) is 10.7 Å².